The first-order valence-corrected chi connectivity index (χ1v) is 7.17. The summed E-state index contributed by atoms with van der Waals surface area (Å²) in [5.74, 6) is 0.593. The second-order valence-corrected chi connectivity index (χ2v) is 5.49. The van der Waals surface area contributed by atoms with Crippen molar-refractivity contribution in [2.24, 2.45) is 0 Å². The lowest BCUT2D eigenvalue weighted by Crippen LogP contribution is -1.86. The summed E-state index contributed by atoms with van der Waals surface area (Å²) in [6.45, 7) is 0. The van der Waals surface area contributed by atoms with Gasteiger partial charge < -0.3 is 10.5 Å². The number of benzene rings is 2. The molecule has 0 radical (unpaired) electrons. The van der Waals surface area contributed by atoms with E-state index < -0.39 is 0 Å². The first-order valence-electron chi connectivity index (χ1n) is 5.98. The van der Waals surface area contributed by atoms with Crippen LogP contribution in [0.1, 0.15) is 0 Å². The van der Waals surface area contributed by atoms with Crippen LogP contribution < -0.4 is 10.5 Å². The molecule has 0 aliphatic heterocycles. The van der Waals surface area contributed by atoms with Crippen molar-refractivity contribution < 1.29 is 4.74 Å². The summed E-state index contributed by atoms with van der Waals surface area (Å²) in [6, 6.07) is 17.1. The smallest absolute Gasteiger partial charge is 0.210 e. The van der Waals surface area contributed by atoms with Crippen LogP contribution in [-0.4, -0.2) is 4.98 Å². The molecular formula is C15H11ClN2OS. The highest BCUT2D eigenvalue weighted by Crippen LogP contribution is 2.40. The Bertz CT molecular complexity index is 728. The summed E-state index contributed by atoms with van der Waals surface area (Å²) in [5, 5.41) is 1.66. The van der Waals surface area contributed by atoms with Gasteiger partial charge in [-0.25, -0.2) is 4.98 Å². The molecule has 0 aliphatic carbocycles. The summed E-state index contributed by atoms with van der Waals surface area (Å²) < 4.78 is 5.86. The van der Waals surface area contributed by atoms with Gasteiger partial charge in [0.15, 0.2) is 5.13 Å². The summed E-state index contributed by atoms with van der Waals surface area (Å²) in [5.41, 5.74) is 7.49. The van der Waals surface area contributed by atoms with E-state index in [1.165, 1.54) is 11.3 Å². The predicted molar refractivity (Wildman–Crippen MR) is 83.5 cm³/mol. The summed E-state index contributed by atoms with van der Waals surface area (Å²) >= 11 is 7.41. The van der Waals surface area contributed by atoms with Crippen LogP contribution in [-0.2, 0) is 0 Å². The van der Waals surface area contributed by atoms with Gasteiger partial charge in [-0.3, -0.25) is 0 Å². The van der Waals surface area contributed by atoms with E-state index in [2.05, 4.69) is 4.98 Å². The number of para-hydroxylation sites is 1. The standard InChI is InChI=1S/C15H11ClN2OS/c16-11-8-4-5-9-12(11)19-14-13(18-15(17)20-14)10-6-2-1-3-7-10/h1-9H,(H2,17,18). The van der Waals surface area contributed by atoms with Crippen molar-refractivity contribution in [2.75, 3.05) is 5.73 Å². The molecule has 0 amide bonds. The van der Waals surface area contributed by atoms with E-state index in [1.54, 1.807) is 6.07 Å². The molecule has 100 valence electrons. The van der Waals surface area contributed by atoms with Crippen molar-refractivity contribution in [3.8, 4) is 22.1 Å². The number of nitrogen functional groups attached to an aromatic ring is 1. The summed E-state index contributed by atoms with van der Waals surface area (Å²) in [7, 11) is 0. The highest BCUT2D eigenvalue weighted by Gasteiger charge is 2.14. The van der Waals surface area contributed by atoms with Gasteiger partial charge in [0.1, 0.15) is 11.4 Å². The van der Waals surface area contributed by atoms with Crippen LogP contribution in [0.25, 0.3) is 11.3 Å². The van der Waals surface area contributed by atoms with Crippen molar-refractivity contribution in [3.63, 3.8) is 0 Å². The fraction of sp³-hybridized carbons (Fsp3) is 0. The van der Waals surface area contributed by atoms with E-state index in [1.807, 2.05) is 48.5 Å². The van der Waals surface area contributed by atoms with E-state index in [-0.39, 0.29) is 0 Å². The molecule has 3 rings (SSSR count). The Balaban J connectivity index is 2.01. The maximum absolute atomic E-state index is 6.11. The minimum Gasteiger partial charge on any atom is -0.443 e. The zero-order valence-corrected chi connectivity index (χ0v) is 12.0. The zero-order valence-electron chi connectivity index (χ0n) is 10.4. The molecule has 0 aliphatic rings. The molecule has 0 atom stereocenters. The van der Waals surface area contributed by atoms with Crippen LogP contribution in [0, 0.1) is 0 Å². The van der Waals surface area contributed by atoms with Gasteiger partial charge in [0.25, 0.3) is 0 Å². The second kappa shape index (κ2) is 5.53. The van der Waals surface area contributed by atoms with Crippen molar-refractivity contribution in [1.29, 1.82) is 0 Å². The third kappa shape index (κ3) is 2.61. The number of anilines is 1. The van der Waals surface area contributed by atoms with Crippen LogP contribution in [0.2, 0.25) is 5.02 Å². The minimum absolute atomic E-state index is 0.464. The molecule has 3 aromatic rings. The molecule has 5 heteroatoms. The van der Waals surface area contributed by atoms with Crippen molar-refractivity contribution in [2.45, 2.75) is 0 Å². The number of hydrogen-bond acceptors (Lipinski definition) is 4. The first kappa shape index (κ1) is 13.0. The van der Waals surface area contributed by atoms with E-state index in [0.29, 0.717) is 21.0 Å². The van der Waals surface area contributed by atoms with Crippen LogP contribution in [0.3, 0.4) is 0 Å². The van der Waals surface area contributed by atoms with Crippen molar-refractivity contribution in [1.82, 2.24) is 4.98 Å². The lowest BCUT2D eigenvalue weighted by molar-refractivity contribution is 0.497. The molecule has 0 unspecified atom stereocenters. The number of rotatable bonds is 3. The molecule has 2 aromatic carbocycles. The quantitative estimate of drug-likeness (QED) is 0.753. The maximum atomic E-state index is 6.11. The summed E-state index contributed by atoms with van der Waals surface area (Å²) in [4.78, 5) is 4.33. The Kier molecular flexibility index (Phi) is 3.58. The Hall–Kier alpha value is -2.04. The fourth-order valence-electron chi connectivity index (χ4n) is 1.80. The molecule has 3 nitrogen and oxygen atoms in total. The Morgan fingerprint density at radius 1 is 1.00 bits per heavy atom. The molecule has 0 spiro atoms. The third-order valence-corrected chi connectivity index (χ3v) is 3.77. The molecule has 1 aromatic heterocycles. The number of halogens is 1. The number of hydrogen-bond donors (Lipinski definition) is 1. The van der Waals surface area contributed by atoms with Crippen LogP contribution >= 0.6 is 22.9 Å². The second-order valence-electron chi connectivity index (χ2n) is 4.09. The topological polar surface area (TPSA) is 48.1 Å². The fourth-order valence-corrected chi connectivity index (χ4v) is 2.69. The van der Waals surface area contributed by atoms with E-state index in [0.717, 1.165) is 11.3 Å². The van der Waals surface area contributed by atoms with Crippen LogP contribution in [0.4, 0.5) is 5.13 Å². The van der Waals surface area contributed by atoms with E-state index in [4.69, 9.17) is 22.1 Å². The molecule has 0 saturated heterocycles. The minimum atomic E-state index is 0.464. The van der Waals surface area contributed by atoms with Gasteiger partial charge >= 0.3 is 0 Å². The highest BCUT2D eigenvalue weighted by molar-refractivity contribution is 7.17. The van der Waals surface area contributed by atoms with Gasteiger partial charge in [-0.1, -0.05) is 65.4 Å². The highest BCUT2D eigenvalue weighted by atomic mass is 35.5. The van der Waals surface area contributed by atoms with Crippen LogP contribution in [0.5, 0.6) is 10.8 Å². The van der Waals surface area contributed by atoms with Gasteiger partial charge in [0.05, 0.1) is 5.02 Å². The Labute approximate surface area is 125 Å². The molecule has 0 fully saturated rings. The zero-order chi connectivity index (χ0) is 13.9. The Morgan fingerprint density at radius 3 is 2.45 bits per heavy atom. The lowest BCUT2D eigenvalue weighted by atomic mass is 10.2. The average molecular weight is 303 g/mol. The number of thiazole rings is 1. The SMILES string of the molecule is Nc1nc(-c2ccccc2)c(Oc2ccccc2Cl)s1. The molecule has 2 N–H and O–H groups in total. The van der Waals surface area contributed by atoms with Gasteiger partial charge in [0.2, 0.25) is 5.06 Å². The molecule has 1 heterocycles. The van der Waals surface area contributed by atoms with E-state index >= 15 is 0 Å². The van der Waals surface area contributed by atoms with Crippen molar-refractivity contribution >= 4 is 28.1 Å². The van der Waals surface area contributed by atoms with Crippen molar-refractivity contribution in [3.05, 3.63) is 59.6 Å². The molecular weight excluding hydrogens is 292 g/mol. The predicted octanol–water partition coefficient (Wildman–Crippen LogP) is 4.84. The largest absolute Gasteiger partial charge is 0.443 e. The van der Waals surface area contributed by atoms with Gasteiger partial charge in [0, 0.05) is 5.56 Å². The Morgan fingerprint density at radius 2 is 1.70 bits per heavy atom. The third-order valence-electron chi connectivity index (χ3n) is 2.70. The van der Waals surface area contributed by atoms with Crippen LogP contribution in [0.15, 0.2) is 54.6 Å². The number of nitrogens with two attached hydrogens (primary N) is 1. The molecule has 20 heavy (non-hydrogen) atoms. The first-order chi connectivity index (χ1) is 9.74. The van der Waals surface area contributed by atoms with Gasteiger partial charge in [-0.2, -0.15) is 0 Å². The van der Waals surface area contributed by atoms with E-state index in [9.17, 15) is 0 Å². The number of nitrogens with zero attached hydrogens (tertiary/aromatic N) is 1. The number of aromatic nitrogens is 1. The maximum Gasteiger partial charge on any atom is 0.210 e. The van der Waals surface area contributed by atoms with Gasteiger partial charge in [-0.05, 0) is 12.1 Å². The monoisotopic (exact) mass is 302 g/mol. The lowest BCUT2D eigenvalue weighted by Gasteiger charge is -2.06. The van der Waals surface area contributed by atoms with Gasteiger partial charge in [-0.15, -0.1) is 0 Å². The normalized spacial score (nSPS) is 10.4. The molecule has 0 bridgehead atoms. The number of ether oxygens (including phenoxy) is 1. The summed E-state index contributed by atoms with van der Waals surface area (Å²) in [6.07, 6.45) is 0. The average Bonchev–Trinajstić information content (AvgIpc) is 2.83. The molecule has 0 saturated carbocycles.